The minimum atomic E-state index is -0.301. The van der Waals surface area contributed by atoms with Crippen LogP contribution < -0.4 is 5.32 Å². The summed E-state index contributed by atoms with van der Waals surface area (Å²) in [4.78, 5) is 29.9. The first-order valence-electron chi connectivity index (χ1n) is 9.80. The number of piperidine rings is 1. The molecule has 1 aliphatic rings. The van der Waals surface area contributed by atoms with Gasteiger partial charge >= 0.3 is 5.97 Å². The third kappa shape index (κ3) is 5.34. The predicted molar refractivity (Wildman–Crippen MR) is 102 cm³/mol. The fourth-order valence-corrected chi connectivity index (χ4v) is 3.73. The number of aryl methyl sites for hydroxylation is 2. The van der Waals surface area contributed by atoms with E-state index in [4.69, 9.17) is 4.74 Å². The summed E-state index contributed by atoms with van der Waals surface area (Å²) < 4.78 is 5.11. The second kappa shape index (κ2) is 9.76. The van der Waals surface area contributed by atoms with E-state index in [1.807, 2.05) is 13.8 Å². The monoisotopic (exact) mass is 363 g/mol. The van der Waals surface area contributed by atoms with Crippen molar-refractivity contribution < 1.29 is 14.3 Å². The van der Waals surface area contributed by atoms with E-state index in [1.54, 1.807) is 6.92 Å². The Morgan fingerprint density at radius 2 is 2.08 bits per heavy atom. The SMILES string of the molecule is CCOC(=O)c1c(C)[nH]c(CCC(=O)NCCN2CCCCC2C)c1C. The van der Waals surface area contributed by atoms with Crippen molar-refractivity contribution in [1.82, 2.24) is 15.2 Å². The standard InChI is InChI=1S/C20H33N3O3/c1-5-26-20(25)19-15(3)17(22-16(19)4)9-10-18(24)21-11-13-23-12-7-6-8-14(23)2/h14,22H,5-13H2,1-4H3,(H,21,24). The molecule has 1 atom stereocenters. The molecule has 26 heavy (non-hydrogen) atoms. The topological polar surface area (TPSA) is 74.4 Å². The van der Waals surface area contributed by atoms with Gasteiger partial charge in [-0.1, -0.05) is 6.42 Å². The number of hydrogen-bond donors (Lipinski definition) is 2. The number of ether oxygens (including phenoxy) is 1. The molecule has 0 radical (unpaired) electrons. The predicted octanol–water partition coefficient (Wildman–Crippen LogP) is 2.73. The van der Waals surface area contributed by atoms with Gasteiger partial charge in [-0.15, -0.1) is 0 Å². The van der Waals surface area contributed by atoms with Gasteiger partial charge in [0, 0.05) is 36.9 Å². The molecule has 2 rings (SSSR count). The number of rotatable bonds is 8. The molecule has 0 aromatic carbocycles. The maximum atomic E-state index is 12.1. The number of carbonyl (C=O) groups is 2. The van der Waals surface area contributed by atoms with Crippen LogP contribution in [-0.4, -0.2) is 54.0 Å². The molecule has 0 spiro atoms. The van der Waals surface area contributed by atoms with Crippen LogP contribution in [-0.2, 0) is 16.0 Å². The van der Waals surface area contributed by atoms with Crippen molar-refractivity contribution in [2.24, 2.45) is 0 Å². The fraction of sp³-hybridized carbons (Fsp3) is 0.700. The Balaban J connectivity index is 1.78. The maximum Gasteiger partial charge on any atom is 0.340 e. The van der Waals surface area contributed by atoms with E-state index in [9.17, 15) is 9.59 Å². The summed E-state index contributed by atoms with van der Waals surface area (Å²) in [5.41, 5.74) is 3.22. The molecule has 1 aromatic heterocycles. The van der Waals surface area contributed by atoms with Crippen LogP contribution in [0.15, 0.2) is 0 Å². The molecular formula is C20H33N3O3. The van der Waals surface area contributed by atoms with Gasteiger partial charge in [-0.2, -0.15) is 0 Å². The minimum Gasteiger partial charge on any atom is -0.462 e. The highest BCUT2D eigenvalue weighted by Crippen LogP contribution is 2.20. The van der Waals surface area contributed by atoms with Crippen molar-refractivity contribution in [3.63, 3.8) is 0 Å². The molecule has 2 heterocycles. The first-order chi connectivity index (χ1) is 12.4. The Bertz CT molecular complexity index is 624. The molecule has 0 aliphatic carbocycles. The molecule has 6 nitrogen and oxygen atoms in total. The van der Waals surface area contributed by atoms with Crippen LogP contribution >= 0.6 is 0 Å². The highest BCUT2D eigenvalue weighted by atomic mass is 16.5. The van der Waals surface area contributed by atoms with Crippen molar-refractivity contribution in [3.05, 3.63) is 22.5 Å². The first-order valence-corrected chi connectivity index (χ1v) is 9.80. The molecule has 1 aromatic rings. The van der Waals surface area contributed by atoms with Gasteiger partial charge in [0.2, 0.25) is 5.91 Å². The summed E-state index contributed by atoms with van der Waals surface area (Å²) in [7, 11) is 0. The Labute approximate surface area is 156 Å². The summed E-state index contributed by atoms with van der Waals surface area (Å²) in [6.07, 6.45) is 4.83. The zero-order valence-electron chi connectivity index (χ0n) is 16.6. The summed E-state index contributed by atoms with van der Waals surface area (Å²) in [6.45, 7) is 10.9. The summed E-state index contributed by atoms with van der Waals surface area (Å²) in [5.74, 6) is -0.246. The van der Waals surface area contributed by atoms with Gasteiger partial charge in [0.05, 0.1) is 12.2 Å². The Hall–Kier alpha value is -1.82. The molecule has 1 saturated heterocycles. The Kier molecular flexibility index (Phi) is 7.69. The second-order valence-corrected chi connectivity index (χ2v) is 7.18. The molecule has 1 fully saturated rings. The highest BCUT2D eigenvalue weighted by Gasteiger charge is 2.20. The van der Waals surface area contributed by atoms with Crippen molar-refractivity contribution in [3.8, 4) is 0 Å². The van der Waals surface area contributed by atoms with Crippen molar-refractivity contribution >= 4 is 11.9 Å². The van der Waals surface area contributed by atoms with Gasteiger partial charge in [-0.25, -0.2) is 4.79 Å². The Morgan fingerprint density at radius 1 is 1.31 bits per heavy atom. The average Bonchev–Trinajstić information content (AvgIpc) is 2.89. The van der Waals surface area contributed by atoms with Crippen molar-refractivity contribution in [1.29, 1.82) is 0 Å². The number of esters is 1. The average molecular weight is 364 g/mol. The maximum absolute atomic E-state index is 12.1. The largest absolute Gasteiger partial charge is 0.462 e. The van der Waals surface area contributed by atoms with E-state index in [0.29, 0.717) is 37.6 Å². The number of nitrogens with zero attached hydrogens (tertiary/aromatic N) is 1. The lowest BCUT2D eigenvalue weighted by molar-refractivity contribution is -0.121. The van der Waals surface area contributed by atoms with Gasteiger partial charge in [0.25, 0.3) is 0 Å². The van der Waals surface area contributed by atoms with Gasteiger partial charge in [0.1, 0.15) is 0 Å². The van der Waals surface area contributed by atoms with E-state index in [1.165, 1.54) is 19.3 Å². The zero-order chi connectivity index (χ0) is 19.1. The number of amides is 1. The van der Waals surface area contributed by atoms with E-state index in [2.05, 4.69) is 22.1 Å². The molecule has 6 heteroatoms. The van der Waals surface area contributed by atoms with Gasteiger partial charge in [-0.3, -0.25) is 9.69 Å². The third-order valence-corrected chi connectivity index (χ3v) is 5.28. The lowest BCUT2D eigenvalue weighted by Gasteiger charge is -2.33. The van der Waals surface area contributed by atoms with Crippen molar-refractivity contribution in [2.45, 2.75) is 65.8 Å². The van der Waals surface area contributed by atoms with Crippen LogP contribution in [0.25, 0.3) is 0 Å². The normalized spacial score (nSPS) is 17.9. The zero-order valence-corrected chi connectivity index (χ0v) is 16.6. The second-order valence-electron chi connectivity index (χ2n) is 7.18. The van der Waals surface area contributed by atoms with Crippen LogP contribution in [0.2, 0.25) is 0 Å². The third-order valence-electron chi connectivity index (χ3n) is 5.28. The molecule has 1 unspecified atom stereocenters. The molecule has 146 valence electrons. The number of hydrogen-bond acceptors (Lipinski definition) is 4. The number of likely N-dealkylation sites (tertiary alicyclic amines) is 1. The smallest absolute Gasteiger partial charge is 0.340 e. The van der Waals surface area contributed by atoms with E-state index >= 15 is 0 Å². The van der Waals surface area contributed by atoms with Crippen LogP contribution in [0.1, 0.15) is 66.8 Å². The highest BCUT2D eigenvalue weighted by molar-refractivity contribution is 5.92. The minimum absolute atomic E-state index is 0.0546. The molecule has 0 saturated carbocycles. The van der Waals surface area contributed by atoms with E-state index in [-0.39, 0.29) is 11.9 Å². The molecule has 1 amide bonds. The van der Waals surface area contributed by atoms with E-state index < -0.39 is 0 Å². The van der Waals surface area contributed by atoms with Crippen LogP contribution in [0.4, 0.5) is 0 Å². The van der Waals surface area contributed by atoms with Crippen molar-refractivity contribution in [2.75, 3.05) is 26.2 Å². The molecule has 1 aliphatic heterocycles. The van der Waals surface area contributed by atoms with Crippen LogP contribution in [0.5, 0.6) is 0 Å². The summed E-state index contributed by atoms with van der Waals surface area (Å²) >= 11 is 0. The van der Waals surface area contributed by atoms with Gasteiger partial charge in [0.15, 0.2) is 0 Å². The number of aromatic amines is 1. The van der Waals surface area contributed by atoms with Gasteiger partial charge < -0.3 is 15.0 Å². The lowest BCUT2D eigenvalue weighted by atomic mass is 10.0. The number of nitrogens with one attached hydrogen (secondary N) is 2. The first kappa shape index (κ1) is 20.5. The number of aromatic nitrogens is 1. The quantitative estimate of drug-likeness (QED) is 0.697. The summed E-state index contributed by atoms with van der Waals surface area (Å²) in [6, 6.07) is 0.617. The van der Waals surface area contributed by atoms with Crippen LogP contribution in [0, 0.1) is 13.8 Å². The number of H-pyrrole nitrogens is 1. The number of carbonyl (C=O) groups excluding carboxylic acids is 2. The molecule has 2 N–H and O–H groups in total. The van der Waals surface area contributed by atoms with E-state index in [0.717, 1.165) is 30.0 Å². The molecule has 0 bridgehead atoms. The Morgan fingerprint density at radius 3 is 2.77 bits per heavy atom. The molecular weight excluding hydrogens is 330 g/mol. The van der Waals surface area contributed by atoms with Gasteiger partial charge in [-0.05, 0) is 59.1 Å². The van der Waals surface area contributed by atoms with Crippen LogP contribution in [0.3, 0.4) is 0 Å². The summed E-state index contributed by atoms with van der Waals surface area (Å²) in [5, 5.41) is 3.02. The fourth-order valence-electron chi connectivity index (χ4n) is 3.73. The lowest BCUT2D eigenvalue weighted by Crippen LogP contribution is -2.42.